The molecule has 6 saturated heterocycles. The van der Waals surface area contributed by atoms with Gasteiger partial charge in [-0.2, -0.15) is 24.2 Å². The Morgan fingerprint density at radius 1 is 0.449 bits per heavy atom. The minimum Gasteiger partial charge on any atom is -0.453 e. The van der Waals surface area contributed by atoms with Crippen LogP contribution in [-0.4, -0.2) is 201 Å². The van der Waals surface area contributed by atoms with Gasteiger partial charge in [0, 0.05) is 103 Å². The summed E-state index contributed by atoms with van der Waals surface area (Å²) in [4.78, 5) is 49.4. The number of aliphatic imine (C=N–C) groups is 3. The van der Waals surface area contributed by atoms with Gasteiger partial charge in [-0.15, -0.1) is 295 Å². The zero-order valence-corrected chi connectivity index (χ0v) is 150. The molecule has 42 unspecified atom stereocenters. The van der Waals surface area contributed by atoms with Crippen molar-refractivity contribution < 1.29 is 23.7 Å². The molecule has 836 valence electrons. The fourth-order valence-electron chi connectivity index (χ4n) is 15.0. The lowest BCUT2D eigenvalue weighted by atomic mass is 9.99. The number of nitrogens with one attached hydrogen (secondary N) is 1. The summed E-state index contributed by atoms with van der Waals surface area (Å²) in [6, 6.07) is 8.98. The standard InChI is InChI=1S/C24H29N9O2.C18H26N6O.C6H6ClN3O.C6H15N.C3H8O.H67P65/c1-16-27-22-23(25-15-26-24(22)35-16)32-8-3-2-5-18(32)17-13-20-28-19(30-6-4-7-30)14-21(33(20)29-17)31-9-11-34-12-10-31;1-2-5-19-14(4-1)15-12-17-20-16(22-6-3-7-22)13-18(24(17)21-15)23-8-10-25-11-9-23;1-3-10-4-5(7)8-2-9-6(4)11-3;1-4-7(5-2)6-3;1-3(2)4;1-34-51(35(2)3)59(50(32)33)63(58(48(28)29)49(30)31)65(62(56(44(20)21)45(22)23)57(46(24)25)47(26)27)64(60(52(36(4)5)37(6)7)53(38(8)9)39(10)11)61(54(40(12)13)41(14)15)55(42(16)17)43(18)19/h13-15,18H,2-12H2,1H3;12-14,19H,1-11H2;2,4,6H,1H3;4-6H2,1-3H3;3-4H,1-2H3;34H,1-33H2. The van der Waals surface area contributed by atoms with Gasteiger partial charge in [0.05, 0.1) is 49.9 Å². The number of oxazole rings is 1. The number of aryl methyl sites for hydroxylation is 1. The maximum atomic E-state index is 8.06. The molecule has 6 fully saturated rings. The van der Waals surface area contributed by atoms with E-state index in [9.17, 15) is 0 Å². The molecule has 0 aliphatic carbocycles. The molecule has 0 saturated carbocycles. The molecule has 0 bridgehead atoms. The largest absolute Gasteiger partial charge is 0.453 e. The lowest BCUT2D eigenvalue weighted by Gasteiger charge is -2.61. The van der Waals surface area contributed by atoms with Gasteiger partial charge in [0.1, 0.15) is 41.1 Å². The lowest BCUT2D eigenvalue weighted by Crippen LogP contribution is -2.40. The lowest BCUT2D eigenvalue weighted by molar-refractivity contribution is 0.122. The fraction of sp³-hybridized carbons (Fsp3) is 0.649. The number of hydrogen-bond acceptors (Lipinski definition) is 22. The van der Waals surface area contributed by atoms with E-state index in [1.54, 1.807) is 27.1 Å². The number of hydrogen-bond donors (Lipinski definition) is 2. The van der Waals surface area contributed by atoms with E-state index in [-0.39, 0.29) is 241 Å². The van der Waals surface area contributed by atoms with Gasteiger partial charge in [-0.05, 0) is 302 Å². The molecule has 0 aromatic carbocycles. The van der Waals surface area contributed by atoms with Gasteiger partial charge in [0.25, 0.3) is 5.71 Å². The van der Waals surface area contributed by atoms with Gasteiger partial charge >= 0.3 is 0 Å². The Morgan fingerprint density at radius 3 is 1.16 bits per heavy atom. The van der Waals surface area contributed by atoms with Gasteiger partial charge in [-0.1, -0.05) is 46.8 Å². The van der Waals surface area contributed by atoms with Crippen LogP contribution in [0.5, 0.6) is 0 Å². The molecule has 147 heavy (non-hydrogen) atoms. The van der Waals surface area contributed by atoms with Crippen molar-refractivity contribution in [2.45, 2.75) is 130 Å². The highest BCUT2D eigenvalue weighted by atomic mass is 35.5. The number of aliphatic hydroxyl groups excluding tert-OH is 1. The molecule has 14 heterocycles. The first-order valence-corrected chi connectivity index (χ1v) is 163. The first-order valence-electron chi connectivity index (χ1n) is 44.7. The quantitative estimate of drug-likeness (QED) is 0.0340. The molecule has 0 radical (unpaired) electrons. The molecule has 42 atom stereocenters. The van der Waals surface area contributed by atoms with Crippen LogP contribution in [0.15, 0.2) is 50.0 Å². The Hall–Kier alpha value is 21.6. The van der Waals surface area contributed by atoms with E-state index in [0.29, 0.717) is 34.2 Å². The highest BCUT2D eigenvalue weighted by Gasteiger charge is 2.63. The normalized spacial score (nSPS) is 19.8. The Kier molecular flexibility index (Phi) is 81.7. The summed E-state index contributed by atoms with van der Waals surface area (Å²) < 4.78 is 26.1. The number of aromatic nitrogens is 9. The smallest absolute Gasteiger partial charge is 0.252 e. The predicted octanol–water partition coefficient (Wildman–Crippen LogP) is 44.9. The second-order valence-electron chi connectivity index (χ2n) is 32.1. The SMILES string of the molecule is CC(C)O.CC1=NC2C(Cl)=NC=NC2O1.CCN(CC)CC.Cc1nc2c(N3CCCCC3c3cc4nc(N5CCC5)cc(N5CCOCC5)n4n3)ncnc2o1.PPP(P(P)P)P(P(P)P)P(P(P(P)P)P(P)P)P(P(P(P(P)P)P(P)P)P(P(P)P)P(P)P)P(P(P(P(P)P)P(P)P)P(P(P)P)P(P)P)P(P(P(P)P)P(P)P)P(P(P)P)P(P)P.c1c(N2CCC2)nc2cc(C3CCCCN3)nn2c1N1CCOCC1. The van der Waals surface area contributed by atoms with Crippen molar-refractivity contribution in [2.75, 3.05) is 136 Å². The molecule has 6 aromatic heterocycles. The minimum atomic E-state index is -0.308. The summed E-state index contributed by atoms with van der Waals surface area (Å²) in [5.74, 6) is 6.39. The molecule has 24 nitrogen and oxygen atoms in total. The van der Waals surface area contributed by atoms with Crippen LogP contribution in [0.3, 0.4) is 0 Å². The van der Waals surface area contributed by atoms with Crippen LogP contribution in [0.25, 0.3) is 22.5 Å². The predicted molar refractivity (Wildman–Crippen MR) is 866 cm³/mol. The third-order valence-electron chi connectivity index (χ3n) is 21.5. The third-order valence-corrected chi connectivity index (χ3v) is 476. The fourth-order valence-corrected chi connectivity index (χ4v) is 957. The molecular weight excluding hydrogens is 3080 g/mol. The van der Waals surface area contributed by atoms with Crippen molar-refractivity contribution in [3.8, 4) is 0 Å². The zero-order chi connectivity index (χ0) is 109. The number of ether oxygens (including phenoxy) is 3. The van der Waals surface area contributed by atoms with Crippen molar-refractivity contribution in [1.82, 2.24) is 54.4 Å². The van der Waals surface area contributed by atoms with Crippen molar-refractivity contribution >= 4 is 600 Å². The maximum absolute atomic E-state index is 8.06. The highest BCUT2D eigenvalue weighted by molar-refractivity contribution is 9.55. The zero-order valence-electron chi connectivity index (χ0n) is 82.5. The first kappa shape index (κ1) is 152. The second-order valence-corrected chi connectivity index (χ2v) is 299. The van der Waals surface area contributed by atoms with E-state index in [4.69, 9.17) is 55.5 Å². The Labute approximate surface area is 995 Å². The van der Waals surface area contributed by atoms with E-state index in [1.165, 1.54) is 51.7 Å². The summed E-state index contributed by atoms with van der Waals surface area (Å²) in [6.45, 7) is 22.3. The van der Waals surface area contributed by atoms with Gasteiger partial charge in [-0.3, -0.25) is 0 Å². The van der Waals surface area contributed by atoms with Gasteiger partial charge in [0.2, 0.25) is 6.23 Å². The van der Waals surface area contributed by atoms with Crippen LogP contribution in [0.4, 0.5) is 29.1 Å². The van der Waals surface area contributed by atoms with E-state index >= 15 is 0 Å². The van der Waals surface area contributed by atoms with Gasteiger partial charge < -0.3 is 58.5 Å². The molecule has 0 amide bonds. The Morgan fingerprint density at radius 2 is 0.823 bits per heavy atom. The minimum absolute atomic E-state index is 0.0885. The average Bonchev–Trinajstić information content (AvgIpc) is 1.41. The topological polar surface area (TPSA) is 229 Å². The molecule has 0 spiro atoms. The highest BCUT2D eigenvalue weighted by Crippen LogP contribution is 3.49. The monoisotopic (exact) mass is 3230 g/mol. The van der Waals surface area contributed by atoms with E-state index in [1.807, 2.05) is 16.0 Å². The Balaban J connectivity index is 0.000000238. The van der Waals surface area contributed by atoms with Crippen LogP contribution in [0.1, 0.15) is 122 Å². The summed E-state index contributed by atoms with van der Waals surface area (Å²) in [6.07, 6.45) is 11.9. The van der Waals surface area contributed by atoms with Crippen LogP contribution in [0, 0.1) is 6.92 Å². The van der Waals surface area contributed by atoms with Crippen LogP contribution >= 0.6 is 531 Å². The van der Waals surface area contributed by atoms with Crippen LogP contribution in [0.2, 0.25) is 0 Å². The number of piperidine rings is 2. The van der Waals surface area contributed by atoms with Crippen LogP contribution < -0.4 is 29.8 Å². The molecule has 6 aromatic rings. The number of halogens is 1. The molecule has 90 heteroatoms. The summed E-state index contributed by atoms with van der Waals surface area (Å²) in [5, 5.41) is 22.2. The molecule has 8 aliphatic rings. The average molecular weight is 3230 g/mol. The third kappa shape index (κ3) is 45.9. The van der Waals surface area contributed by atoms with Crippen molar-refractivity contribution in [1.29, 1.82) is 0 Å². The molecule has 2 N–H and O–H groups in total. The molecule has 14 rings (SSSR count). The number of anilines is 5. The number of fused-ring (bicyclic) bond motifs is 4. The van der Waals surface area contributed by atoms with Crippen molar-refractivity contribution in [3.05, 3.63) is 47.9 Å². The Bertz CT molecular complexity index is 4830. The summed E-state index contributed by atoms with van der Waals surface area (Å²) in [5.41, 5.74) is 5.24. The summed E-state index contributed by atoms with van der Waals surface area (Å²) >= 11 is 5.75. The number of aliphatic hydroxyl groups is 1. The van der Waals surface area contributed by atoms with Crippen LogP contribution in [-0.2, 0) is 14.2 Å². The van der Waals surface area contributed by atoms with Gasteiger partial charge in [-0.25, -0.2) is 34.9 Å². The number of morpholine rings is 2. The summed E-state index contributed by atoms with van der Waals surface area (Å²) in [7, 11) is 119. The van der Waals surface area contributed by atoms with Gasteiger partial charge in [0.15, 0.2) is 40.5 Å². The maximum Gasteiger partial charge on any atom is 0.252 e. The van der Waals surface area contributed by atoms with Crippen molar-refractivity contribution in [2.24, 2.45) is 15.0 Å². The van der Waals surface area contributed by atoms with Crippen molar-refractivity contribution in [3.63, 3.8) is 0 Å². The number of rotatable bonds is 41. The molecule has 8 aliphatic heterocycles. The molecular formula is C57H151ClN19O5P65. The first-order chi connectivity index (χ1) is 69.6. The number of nitrogens with zero attached hydrogens (tertiary/aromatic N) is 18. The van der Waals surface area contributed by atoms with E-state index in [0.717, 1.165) is 177 Å². The van der Waals surface area contributed by atoms with E-state index < -0.39 is 0 Å². The van der Waals surface area contributed by atoms with E-state index in [2.05, 4.69) is 404 Å². The second kappa shape index (κ2) is 79.1.